The largest absolute Gasteiger partial charge is 0.469 e. The molecule has 0 saturated heterocycles. The van der Waals surface area contributed by atoms with Gasteiger partial charge in [-0.2, -0.15) is 0 Å². The van der Waals surface area contributed by atoms with Crippen LogP contribution in [0.5, 0.6) is 0 Å². The molecule has 4 bridgehead atoms. The van der Waals surface area contributed by atoms with Crippen molar-refractivity contribution >= 4 is 11.8 Å². The molecule has 0 amide bonds. The number of carbonyl (C=O) groups is 2. The molecule has 0 heterocycles. The Hall–Kier alpha value is -0.900. The van der Waals surface area contributed by atoms with Crippen LogP contribution in [0.1, 0.15) is 65.2 Å². The molecular formula is C22H32O4. The van der Waals surface area contributed by atoms with Crippen molar-refractivity contribution in [3.63, 3.8) is 0 Å². The maximum atomic E-state index is 13.2. The van der Waals surface area contributed by atoms with Gasteiger partial charge in [0.25, 0.3) is 0 Å². The molecule has 5 rings (SSSR count). The molecule has 0 radical (unpaired) electrons. The molecule has 0 aromatic heterocycles. The molecule has 4 nitrogen and oxygen atoms in total. The van der Waals surface area contributed by atoms with Crippen molar-refractivity contribution in [1.82, 2.24) is 0 Å². The SMILES string of the molecule is COC(=O)C[C@H]1[C@H]2[C@]3(CC[C@H](O)[C@]2(C)C(=O)C3)C2CC[C@@H]3C[C@@]21CC3C. The minimum Gasteiger partial charge on any atom is -0.469 e. The number of hydrogen-bond acceptors (Lipinski definition) is 4. The van der Waals surface area contributed by atoms with E-state index in [4.69, 9.17) is 4.74 Å². The molecule has 0 aliphatic heterocycles. The second kappa shape index (κ2) is 5.12. The third-order valence-electron chi connectivity index (χ3n) is 10.0. The number of methoxy groups -OCH3 is 1. The number of carbonyl (C=O) groups excluding carboxylic acids is 2. The number of ketones is 1. The fraction of sp³-hybridized carbons (Fsp3) is 0.909. The van der Waals surface area contributed by atoms with Gasteiger partial charge in [0.2, 0.25) is 0 Å². The van der Waals surface area contributed by atoms with Gasteiger partial charge in [0.1, 0.15) is 5.78 Å². The number of rotatable bonds is 2. The molecule has 2 unspecified atom stereocenters. The molecule has 5 aliphatic carbocycles. The van der Waals surface area contributed by atoms with Gasteiger partial charge in [-0.15, -0.1) is 0 Å². The quantitative estimate of drug-likeness (QED) is 0.767. The van der Waals surface area contributed by atoms with Gasteiger partial charge in [-0.1, -0.05) is 6.92 Å². The molecule has 1 N–H and O–H groups in total. The fourth-order valence-corrected chi connectivity index (χ4v) is 9.26. The van der Waals surface area contributed by atoms with Crippen LogP contribution >= 0.6 is 0 Å². The number of aliphatic hydroxyl groups excluding tert-OH is 1. The van der Waals surface area contributed by atoms with E-state index in [0.717, 1.165) is 18.8 Å². The van der Waals surface area contributed by atoms with Gasteiger partial charge in [0.05, 0.1) is 18.6 Å². The lowest BCUT2D eigenvalue weighted by Crippen LogP contribution is -2.49. The van der Waals surface area contributed by atoms with Crippen LogP contribution in [-0.2, 0) is 14.3 Å². The molecule has 5 aliphatic rings. The van der Waals surface area contributed by atoms with Crippen molar-refractivity contribution in [1.29, 1.82) is 0 Å². The van der Waals surface area contributed by atoms with Crippen molar-refractivity contribution in [2.45, 2.75) is 71.3 Å². The second-order valence-corrected chi connectivity index (χ2v) is 10.5. The summed E-state index contributed by atoms with van der Waals surface area (Å²) in [5.41, 5.74) is -0.448. The first-order chi connectivity index (χ1) is 12.3. The standard InChI is InChI=1S/C22H32O4/c1-12-9-22-10-13(12)4-5-15(22)21-7-6-16(23)20(2,17(24)11-21)19(21)14(22)8-18(25)26-3/h12-16,19,23H,4-11H2,1-3H3/t12?,13-,14+,15?,16+,19-,20-,21+,22-/m1/s1. The fourth-order valence-electron chi connectivity index (χ4n) is 9.26. The summed E-state index contributed by atoms with van der Waals surface area (Å²) in [6.07, 6.45) is 7.12. The molecule has 9 atom stereocenters. The van der Waals surface area contributed by atoms with Crippen LogP contribution < -0.4 is 0 Å². The Balaban J connectivity index is 1.68. The van der Waals surface area contributed by atoms with Crippen LogP contribution in [0.15, 0.2) is 0 Å². The zero-order valence-corrected chi connectivity index (χ0v) is 16.3. The number of Topliss-reactive ketones (excluding diaryl/α,β-unsaturated/α-hetero) is 1. The highest BCUT2D eigenvalue weighted by molar-refractivity contribution is 5.90. The lowest BCUT2D eigenvalue weighted by atomic mass is 9.57. The van der Waals surface area contributed by atoms with Crippen molar-refractivity contribution in [3.05, 3.63) is 0 Å². The molecule has 5 fully saturated rings. The van der Waals surface area contributed by atoms with E-state index in [-0.39, 0.29) is 34.4 Å². The number of ether oxygens (including phenoxy) is 1. The van der Waals surface area contributed by atoms with Gasteiger partial charge in [0, 0.05) is 12.8 Å². The highest BCUT2D eigenvalue weighted by Crippen LogP contribution is 2.81. The molecule has 5 saturated carbocycles. The van der Waals surface area contributed by atoms with E-state index < -0.39 is 11.5 Å². The van der Waals surface area contributed by atoms with E-state index in [0.29, 0.717) is 24.7 Å². The summed E-state index contributed by atoms with van der Waals surface area (Å²) in [5, 5.41) is 10.9. The van der Waals surface area contributed by atoms with Crippen LogP contribution in [0.25, 0.3) is 0 Å². The minimum absolute atomic E-state index is 0.0266. The molecule has 144 valence electrons. The van der Waals surface area contributed by atoms with E-state index in [1.165, 1.54) is 32.8 Å². The van der Waals surface area contributed by atoms with E-state index in [2.05, 4.69) is 6.92 Å². The monoisotopic (exact) mass is 360 g/mol. The average molecular weight is 360 g/mol. The number of esters is 1. The topological polar surface area (TPSA) is 63.6 Å². The Morgan fingerprint density at radius 1 is 1.23 bits per heavy atom. The van der Waals surface area contributed by atoms with E-state index in [9.17, 15) is 14.7 Å². The van der Waals surface area contributed by atoms with Gasteiger partial charge in [-0.25, -0.2) is 0 Å². The van der Waals surface area contributed by atoms with Crippen LogP contribution in [0.2, 0.25) is 0 Å². The summed E-state index contributed by atoms with van der Waals surface area (Å²) < 4.78 is 5.09. The summed E-state index contributed by atoms with van der Waals surface area (Å²) in [5.74, 6) is 2.49. The zero-order chi connectivity index (χ0) is 18.5. The maximum absolute atomic E-state index is 13.2. The van der Waals surface area contributed by atoms with Crippen molar-refractivity contribution in [3.8, 4) is 0 Å². The van der Waals surface area contributed by atoms with Crippen LogP contribution in [-0.4, -0.2) is 30.1 Å². The maximum Gasteiger partial charge on any atom is 0.305 e. The Morgan fingerprint density at radius 3 is 2.73 bits per heavy atom. The third kappa shape index (κ3) is 1.72. The van der Waals surface area contributed by atoms with E-state index >= 15 is 0 Å². The second-order valence-electron chi connectivity index (χ2n) is 10.5. The first-order valence-electron chi connectivity index (χ1n) is 10.6. The van der Waals surface area contributed by atoms with Gasteiger partial charge < -0.3 is 9.84 Å². The van der Waals surface area contributed by atoms with Gasteiger partial charge in [-0.3, -0.25) is 9.59 Å². The first-order valence-corrected chi connectivity index (χ1v) is 10.6. The summed E-state index contributed by atoms with van der Waals surface area (Å²) in [6, 6.07) is 0. The van der Waals surface area contributed by atoms with Crippen molar-refractivity contribution in [2.24, 2.45) is 45.8 Å². The lowest BCUT2D eigenvalue weighted by Gasteiger charge is -2.47. The summed E-state index contributed by atoms with van der Waals surface area (Å²) in [6.45, 7) is 4.40. The predicted molar refractivity (Wildman–Crippen MR) is 96.1 cm³/mol. The Labute approximate surface area is 156 Å². The highest BCUT2D eigenvalue weighted by atomic mass is 16.5. The zero-order valence-electron chi connectivity index (χ0n) is 16.3. The number of fused-ring (bicyclic) bond motifs is 1. The molecular weight excluding hydrogens is 328 g/mol. The van der Waals surface area contributed by atoms with Gasteiger partial charge in [0.15, 0.2) is 0 Å². The van der Waals surface area contributed by atoms with Gasteiger partial charge in [-0.05, 0) is 85.9 Å². The Morgan fingerprint density at radius 2 is 2.00 bits per heavy atom. The predicted octanol–water partition coefficient (Wildman–Crippen LogP) is 3.36. The van der Waals surface area contributed by atoms with Crippen LogP contribution in [0.3, 0.4) is 0 Å². The summed E-state index contributed by atoms with van der Waals surface area (Å²) in [4.78, 5) is 25.6. The average Bonchev–Trinajstić information content (AvgIpc) is 3.07. The molecule has 4 heteroatoms. The van der Waals surface area contributed by atoms with Crippen LogP contribution in [0, 0.1) is 45.8 Å². The molecule has 1 spiro atoms. The number of hydrogen-bond donors (Lipinski definition) is 1. The first kappa shape index (κ1) is 17.2. The normalized spacial score (nSPS) is 57.0. The third-order valence-corrected chi connectivity index (χ3v) is 10.0. The molecule has 0 aromatic carbocycles. The molecule has 26 heavy (non-hydrogen) atoms. The smallest absolute Gasteiger partial charge is 0.305 e. The highest BCUT2D eigenvalue weighted by Gasteiger charge is 2.79. The Bertz CT molecular complexity index is 669. The number of aliphatic hydroxyl groups is 1. The van der Waals surface area contributed by atoms with Gasteiger partial charge >= 0.3 is 5.97 Å². The molecule has 0 aromatic rings. The van der Waals surface area contributed by atoms with E-state index in [1.807, 2.05) is 6.92 Å². The van der Waals surface area contributed by atoms with Crippen LogP contribution in [0.4, 0.5) is 0 Å². The Kier molecular flexibility index (Phi) is 3.39. The van der Waals surface area contributed by atoms with Crippen molar-refractivity contribution < 1.29 is 19.4 Å². The minimum atomic E-state index is -0.662. The van der Waals surface area contributed by atoms with E-state index in [1.54, 1.807) is 0 Å². The summed E-state index contributed by atoms with van der Waals surface area (Å²) >= 11 is 0. The summed E-state index contributed by atoms with van der Waals surface area (Å²) in [7, 11) is 1.47. The van der Waals surface area contributed by atoms with Crippen molar-refractivity contribution in [2.75, 3.05) is 7.11 Å². The lowest BCUT2D eigenvalue weighted by molar-refractivity contribution is -0.148.